The first-order chi connectivity index (χ1) is 16.3. The molecule has 2 N–H and O–H groups in total. The monoisotopic (exact) mass is 481 g/mol. The van der Waals surface area contributed by atoms with Crippen molar-refractivity contribution in [1.29, 1.82) is 0 Å². The van der Waals surface area contributed by atoms with Gasteiger partial charge in [-0.2, -0.15) is 0 Å². The van der Waals surface area contributed by atoms with E-state index in [0.717, 1.165) is 0 Å². The molecule has 2 aromatic carbocycles. The normalized spacial score (nSPS) is 11.7. The second-order valence-corrected chi connectivity index (χ2v) is 8.81. The van der Waals surface area contributed by atoms with Crippen LogP contribution in [-0.2, 0) is 16.6 Å². The lowest BCUT2D eigenvalue weighted by molar-refractivity contribution is -0.113. The Morgan fingerprint density at radius 1 is 1.03 bits per heavy atom. The Morgan fingerprint density at radius 2 is 1.74 bits per heavy atom. The molecule has 178 valence electrons. The first kappa shape index (κ1) is 25.0. The van der Waals surface area contributed by atoms with Gasteiger partial charge in [0.25, 0.3) is 5.91 Å². The van der Waals surface area contributed by atoms with E-state index < -0.39 is 5.97 Å². The van der Waals surface area contributed by atoms with E-state index in [1.165, 1.54) is 18.9 Å². The lowest BCUT2D eigenvalue weighted by Crippen LogP contribution is -2.33. The molecule has 0 saturated carbocycles. The number of aromatic nitrogens is 3. The zero-order valence-electron chi connectivity index (χ0n) is 19.4. The Bertz CT molecular complexity index is 1160. The summed E-state index contributed by atoms with van der Waals surface area (Å²) in [4.78, 5) is 36.8. The van der Waals surface area contributed by atoms with Crippen LogP contribution < -0.4 is 10.6 Å². The summed E-state index contributed by atoms with van der Waals surface area (Å²) in [5.41, 5.74) is 1.41. The molecule has 3 rings (SSSR count). The van der Waals surface area contributed by atoms with Crippen LogP contribution >= 0.6 is 11.8 Å². The molecule has 10 heteroatoms. The molecule has 0 aliphatic rings. The number of nitrogens with zero attached hydrogens (tertiary/aromatic N) is 3. The summed E-state index contributed by atoms with van der Waals surface area (Å²) in [5.74, 6) is -0.153. The van der Waals surface area contributed by atoms with Crippen molar-refractivity contribution in [1.82, 2.24) is 20.1 Å². The number of ether oxygens (including phenoxy) is 1. The molecule has 0 aliphatic heterocycles. The van der Waals surface area contributed by atoms with E-state index in [4.69, 9.17) is 4.74 Å². The first-order valence-electron chi connectivity index (χ1n) is 10.7. The van der Waals surface area contributed by atoms with Crippen molar-refractivity contribution in [2.75, 3.05) is 18.2 Å². The van der Waals surface area contributed by atoms with Crippen LogP contribution in [0, 0.1) is 5.92 Å². The summed E-state index contributed by atoms with van der Waals surface area (Å²) in [6.07, 6.45) is 0. The fourth-order valence-electron chi connectivity index (χ4n) is 3.24. The second kappa shape index (κ2) is 11.5. The summed E-state index contributed by atoms with van der Waals surface area (Å²) in [6.45, 7) is 3.99. The van der Waals surface area contributed by atoms with Gasteiger partial charge in [0, 0.05) is 18.3 Å². The third-order valence-corrected chi connectivity index (χ3v) is 6.06. The number of carbonyl (C=O) groups is 3. The molecule has 0 bridgehead atoms. The van der Waals surface area contributed by atoms with Gasteiger partial charge in [0.1, 0.15) is 0 Å². The number of methoxy groups -OCH3 is 1. The van der Waals surface area contributed by atoms with Crippen LogP contribution in [0.3, 0.4) is 0 Å². The number of nitrogens with one attached hydrogen (secondary N) is 2. The van der Waals surface area contributed by atoms with Crippen molar-refractivity contribution in [2.45, 2.75) is 25.0 Å². The fraction of sp³-hybridized carbons (Fsp3) is 0.292. The summed E-state index contributed by atoms with van der Waals surface area (Å²) < 4.78 is 6.49. The highest BCUT2D eigenvalue weighted by Crippen LogP contribution is 2.24. The number of carbonyl (C=O) groups excluding carboxylic acids is 3. The number of thioether (sulfide) groups is 1. The number of esters is 1. The summed E-state index contributed by atoms with van der Waals surface area (Å²) in [7, 11) is 3.11. The van der Waals surface area contributed by atoms with Crippen LogP contribution in [0.25, 0.3) is 0 Å². The number of hydrogen-bond donors (Lipinski definition) is 2. The maximum Gasteiger partial charge on any atom is 0.337 e. The molecule has 1 heterocycles. The first-order valence-corrected chi connectivity index (χ1v) is 11.6. The van der Waals surface area contributed by atoms with E-state index in [0.29, 0.717) is 27.8 Å². The van der Waals surface area contributed by atoms with Gasteiger partial charge < -0.3 is 19.9 Å². The van der Waals surface area contributed by atoms with Crippen LogP contribution in [0.4, 0.5) is 5.69 Å². The highest BCUT2D eigenvalue weighted by Gasteiger charge is 2.25. The lowest BCUT2D eigenvalue weighted by atomic mass is 10.0. The van der Waals surface area contributed by atoms with Crippen molar-refractivity contribution < 1.29 is 19.1 Å². The van der Waals surface area contributed by atoms with Gasteiger partial charge >= 0.3 is 5.97 Å². The number of anilines is 1. The third-order valence-electron chi connectivity index (χ3n) is 5.04. The maximum absolute atomic E-state index is 12.7. The summed E-state index contributed by atoms with van der Waals surface area (Å²) >= 11 is 1.23. The molecule has 0 unspecified atom stereocenters. The predicted octanol–water partition coefficient (Wildman–Crippen LogP) is 3.46. The summed E-state index contributed by atoms with van der Waals surface area (Å²) in [6, 6.07) is 15.2. The molecule has 0 saturated heterocycles. The predicted molar refractivity (Wildman–Crippen MR) is 130 cm³/mol. The van der Waals surface area contributed by atoms with E-state index in [2.05, 4.69) is 20.8 Å². The van der Waals surface area contributed by atoms with E-state index in [9.17, 15) is 14.4 Å². The molecule has 0 spiro atoms. The number of benzene rings is 2. The van der Waals surface area contributed by atoms with Gasteiger partial charge in [-0.1, -0.05) is 49.9 Å². The zero-order chi connectivity index (χ0) is 24.7. The molecule has 0 radical (unpaired) electrons. The largest absolute Gasteiger partial charge is 0.465 e. The molecule has 3 aromatic rings. The Labute approximate surface area is 202 Å². The fourth-order valence-corrected chi connectivity index (χ4v) is 3.95. The van der Waals surface area contributed by atoms with Crippen LogP contribution in [0.5, 0.6) is 0 Å². The Hall–Kier alpha value is -3.66. The highest BCUT2D eigenvalue weighted by atomic mass is 32.2. The number of amides is 2. The Balaban J connectivity index is 1.64. The second-order valence-electron chi connectivity index (χ2n) is 7.87. The van der Waals surface area contributed by atoms with Gasteiger partial charge in [-0.3, -0.25) is 9.59 Å². The maximum atomic E-state index is 12.7. The Morgan fingerprint density at radius 3 is 2.41 bits per heavy atom. The van der Waals surface area contributed by atoms with Gasteiger partial charge in [-0.05, 0) is 36.2 Å². The van der Waals surface area contributed by atoms with Gasteiger partial charge in [0.05, 0.1) is 24.5 Å². The standard InChI is InChI=1S/C24H27N5O4S/c1-15(2)20(26-22(31)16-9-6-5-7-10-16)21-27-28-24(29(21)3)34-14-19(30)25-18-12-8-11-17(13-18)23(32)33-4/h5-13,15,20H,14H2,1-4H3,(H,25,30)(H,26,31)/t20-/m1/s1. The van der Waals surface area contributed by atoms with Crippen molar-refractivity contribution in [3.8, 4) is 0 Å². The van der Waals surface area contributed by atoms with E-state index in [1.807, 2.05) is 32.0 Å². The van der Waals surface area contributed by atoms with Crippen LogP contribution in [0.2, 0.25) is 0 Å². The molecular formula is C24H27N5O4S. The highest BCUT2D eigenvalue weighted by molar-refractivity contribution is 7.99. The minimum Gasteiger partial charge on any atom is -0.465 e. The van der Waals surface area contributed by atoms with Gasteiger partial charge in [-0.15, -0.1) is 10.2 Å². The molecule has 2 amide bonds. The van der Waals surface area contributed by atoms with E-state index in [1.54, 1.807) is 48.0 Å². The topological polar surface area (TPSA) is 115 Å². The molecular weight excluding hydrogens is 454 g/mol. The molecule has 0 aliphatic carbocycles. The van der Waals surface area contributed by atoms with Crippen molar-refractivity contribution in [2.24, 2.45) is 13.0 Å². The van der Waals surface area contributed by atoms with Crippen LogP contribution in [0.1, 0.15) is 46.4 Å². The van der Waals surface area contributed by atoms with E-state index in [-0.39, 0.29) is 29.5 Å². The Kier molecular flexibility index (Phi) is 8.42. The zero-order valence-corrected chi connectivity index (χ0v) is 20.3. The smallest absolute Gasteiger partial charge is 0.337 e. The number of hydrogen-bond acceptors (Lipinski definition) is 7. The van der Waals surface area contributed by atoms with Crippen molar-refractivity contribution in [3.05, 3.63) is 71.5 Å². The van der Waals surface area contributed by atoms with Crippen LogP contribution in [0.15, 0.2) is 59.8 Å². The van der Waals surface area contributed by atoms with Gasteiger partial charge in [0.15, 0.2) is 11.0 Å². The molecule has 0 fully saturated rings. The minimum atomic E-state index is -0.476. The summed E-state index contributed by atoms with van der Waals surface area (Å²) in [5, 5.41) is 14.8. The quantitative estimate of drug-likeness (QED) is 0.355. The molecule has 1 atom stereocenters. The van der Waals surface area contributed by atoms with Gasteiger partial charge in [-0.25, -0.2) is 4.79 Å². The van der Waals surface area contributed by atoms with Crippen molar-refractivity contribution in [3.63, 3.8) is 0 Å². The third kappa shape index (κ3) is 6.22. The SMILES string of the molecule is COC(=O)c1cccc(NC(=O)CSc2nnc([C@H](NC(=O)c3ccccc3)C(C)C)n2C)c1. The average molecular weight is 482 g/mol. The minimum absolute atomic E-state index is 0.0683. The van der Waals surface area contributed by atoms with E-state index >= 15 is 0 Å². The van der Waals surface area contributed by atoms with Gasteiger partial charge in [0.2, 0.25) is 5.91 Å². The van der Waals surface area contributed by atoms with Crippen LogP contribution in [-0.4, -0.2) is 45.4 Å². The molecule has 34 heavy (non-hydrogen) atoms. The van der Waals surface area contributed by atoms with Crippen molar-refractivity contribution >= 4 is 35.2 Å². The lowest BCUT2D eigenvalue weighted by Gasteiger charge is -2.21. The molecule has 9 nitrogen and oxygen atoms in total. The number of rotatable bonds is 9. The average Bonchev–Trinajstić information content (AvgIpc) is 3.20. The molecule has 1 aromatic heterocycles.